The van der Waals surface area contributed by atoms with Crippen molar-refractivity contribution in [1.82, 2.24) is 0 Å². The summed E-state index contributed by atoms with van der Waals surface area (Å²) in [6.45, 7) is 3.93. The zero-order valence-electron chi connectivity index (χ0n) is 12.1. The number of rotatable bonds is 3. The summed E-state index contributed by atoms with van der Waals surface area (Å²) in [4.78, 5) is 12.5. The van der Waals surface area contributed by atoms with E-state index in [2.05, 4.69) is 42.5 Å². The van der Waals surface area contributed by atoms with Crippen LogP contribution in [-0.4, -0.2) is 13.0 Å². The van der Waals surface area contributed by atoms with Crippen LogP contribution in [0.5, 0.6) is 0 Å². The van der Waals surface area contributed by atoms with Crippen LogP contribution in [0.4, 0.5) is 11.4 Å². The number of carbonyl (C=O) groups excluding carboxylic acids is 1. The van der Waals surface area contributed by atoms with Crippen molar-refractivity contribution in [3.63, 3.8) is 0 Å². The second kappa shape index (κ2) is 6.62. The molecule has 2 rings (SSSR count). The summed E-state index contributed by atoms with van der Waals surface area (Å²) in [5.41, 5.74) is 4.43. The standard InChI is InChI=1S/C16H16Br2N2O/c1-9-6-13(17)15(14(18)7-9)20-16(21)12-5-4-11(19-3)8-10(12)2/h4-8,19H,1-3H3,(H,20,21). The number of amides is 1. The smallest absolute Gasteiger partial charge is 0.255 e. The highest BCUT2D eigenvalue weighted by molar-refractivity contribution is 9.11. The number of nitrogens with one attached hydrogen (secondary N) is 2. The predicted molar refractivity (Wildman–Crippen MR) is 95.3 cm³/mol. The summed E-state index contributed by atoms with van der Waals surface area (Å²) >= 11 is 6.97. The number of hydrogen-bond donors (Lipinski definition) is 2. The Morgan fingerprint density at radius 3 is 2.19 bits per heavy atom. The Morgan fingerprint density at radius 2 is 1.67 bits per heavy atom. The monoisotopic (exact) mass is 410 g/mol. The summed E-state index contributed by atoms with van der Waals surface area (Å²) < 4.78 is 1.71. The number of halogens is 2. The van der Waals surface area contributed by atoms with Crippen LogP contribution in [0.1, 0.15) is 21.5 Å². The molecule has 0 atom stereocenters. The van der Waals surface area contributed by atoms with E-state index in [0.29, 0.717) is 5.56 Å². The Morgan fingerprint density at radius 1 is 1.05 bits per heavy atom. The fourth-order valence-electron chi connectivity index (χ4n) is 2.07. The van der Waals surface area contributed by atoms with Crippen molar-refractivity contribution in [3.05, 3.63) is 56.0 Å². The van der Waals surface area contributed by atoms with Crippen LogP contribution in [0.2, 0.25) is 0 Å². The average Bonchev–Trinajstić information content (AvgIpc) is 2.42. The van der Waals surface area contributed by atoms with E-state index < -0.39 is 0 Å². The van der Waals surface area contributed by atoms with Crippen molar-refractivity contribution in [2.75, 3.05) is 17.7 Å². The summed E-state index contributed by atoms with van der Waals surface area (Å²) in [5, 5.41) is 6.01. The van der Waals surface area contributed by atoms with Crippen LogP contribution in [0.25, 0.3) is 0 Å². The number of benzene rings is 2. The third kappa shape index (κ3) is 3.66. The van der Waals surface area contributed by atoms with E-state index in [0.717, 1.165) is 31.4 Å². The first-order chi connectivity index (χ1) is 9.92. The number of aryl methyl sites for hydroxylation is 2. The number of hydrogen-bond acceptors (Lipinski definition) is 2. The molecule has 0 saturated carbocycles. The van der Waals surface area contributed by atoms with Crippen LogP contribution >= 0.6 is 31.9 Å². The van der Waals surface area contributed by atoms with Gasteiger partial charge in [0.25, 0.3) is 5.91 Å². The largest absolute Gasteiger partial charge is 0.388 e. The molecule has 2 aromatic rings. The quantitative estimate of drug-likeness (QED) is 0.735. The lowest BCUT2D eigenvalue weighted by atomic mass is 10.1. The Hall–Kier alpha value is -1.33. The molecule has 0 aliphatic heterocycles. The Balaban J connectivity index is 2.30. The first kappa shape index (κ1) is 16.0. The van der Waals surface area contributed by atoms with Gasteiger partial charge in [0.2, 0.25) is 0 Å². The minimum Gasteiger partial charge on any atom is -0.388 e. The molecule has 3 nitrogen and oxygen atoms in total. The minimum absolute atomic E-state index is 0.125. The molecular weight excluding hydrogens is 396 g/mol. The van der Waals surface area contributed by atoms with Crippen LogP contribution in [0.3, 0.4) is 0 Å². The lowest BCUT2D eigenvalue weighted by molar-refractivity contribution is 0.102. The maximum absolute atomic E-state index is 12.5. The lowest BCUT2D eigenvalue weighted by Gasteiger charge is -2.13. The molecule has 0 heterocycles. The maximum atomic E-state index is 12.5. The fraction of sp³-hybridized carbons (Fsp3) is 0.188. The molecule has 5 heteroatoms. The second-order valence-electron chi connectivity index (χ2n) is 4.84. The second-order valence-corrected chi connectivity index (χ2v) is 6.55. The van der Waals surface area contributed by atoms with Crippen molar-refractivity contribution in [3.8, 4) is 0 Å². The summed E-state index contributed by atoms with van der Waals surface area (Å²) in [7, 11) is 1.86. The molecule has 110 valence electrons. The zero-order chi connectivity index (χ0) is 15.6. The molecule has 0 unspecified atom stereocenters. The lowest BCUT2D eigenvalue weighted by Crippen LogP contribution is -2.14. The summed E-state index contributed by atoms with van der Waals surface area (Å²) in [6, 6.07) is 9.61. The van der Waals surface area contributed by atoms with E-state index in [9.17, 15) is 4.79 Å². The van der Waals surface area contributed by atoms with Crippen LogP contribution in [0.15, 0.2) is 39.3 Å². The number of carbonyl (C=O) groups is 1. The molecule has 0 aliphatic carbocycles. The van der Waals surface area contributed by atoms with Gasteiger partial charge in [-0.15, -0.1) is 0 Å². The first-order valence-electron chi connectivity index (χ1n) is 6.47. The third-order valence-electron chi connectivity index (χ3n) is 3.18. The molecule has 0 bridgehead atoms. The van der Waals surface area contributed by atoms with Gasteiger partial charge in [0.1, 0.15) is 0 Å². The molecule has 21 heavy (non-hydrogen) atoms. The van der Waals surface area contributed by atoms with Gasteiger partial charge in [-0.05, 0) is 87.2 Å². The molecule has 0 aliphatic rings. The highest BCUT2D eigenvalue weighted by atomic mass is 79.9. The highest BCUT2D eigenvalue weighted by Crippen LogP contribution is 2.32. The van der Waals surface area contributed by atoms with Gasteiger partial charge < -0.3 is 10.6 Å². The molecule has 0 radical (unpaired) electrons. The Kier molecular flexibility index (Phi) is 5.06. The first-order valence-corrected chi connectivity index (χ1v) is 8.06. The molecule has 2 N–H and O–H groups in total. The third-order valence-corrected chi connectivity index (χ3v) is 4.44. The fourth-order valence-corrected chi connectivity index (χ4v) is 3.69. The highest BCUT2D eigenvalue weighted by Gasteiger charge is 2.13. The molecule has 0 spiro atoms. The predicted octanol–water partition coefficient (Wildman–Crippen LogP) is 5.12. The summed E-state index contributed by atoms with van der Waals surface area (Å²) in [6.07, 6.45) is 0. The Bertz CT molecular complexity index is 676. The van der Waals surface area contributed by atoms with Gasteiger partial charge in [0, 0.05) is 27.2 Å². The van der Waals surface area contributed by atoms with Gasteiger partial charge in [0.15, 0.2) is 0 Å². The number of anilines is 2. The van der Waals surface area contributed by atoms with Crippen molar-refractivity contribution in [2.24, 2.45) is 0 Å². The van der Waals surface area contributed by atoms with E-state index in [1.54, 1.807) is 0 Å². The van der Waals surface area contributed by atoms with Crippen LogP contribution in [0, 0.1) is 13.8 Å². The van der Waals surface area contributed by atoms with Crippen LogP contribution < -0.4 is 10.6 Å². The van der Waals surface area contributed by atoms with Crippen molar-refractivity contribution in [2.45, 2.75) is 13.8 Å². The Labute approximate surface area is 141 Å². The zero-order valence-corrected chi connectivity index (χ0v) is 15.2. The van der Waals surface area contributed by atoms with Crippen molar-refractivity contribution in [1.29, 1.82) is 0 Å². The SMILES string of the molecule is CNc1ccc(C(=O)Nc2c(Br)cc(C)cc2Br)c(C)c1. The van der Waals surface area contributed by atoms with Gasteiger partial charge >= 0.3 is 0 Å². The summed E-state index contributed by atoms with van der Waals surface area (Å²) in [5.74, 6) is -0.125. The minimum atomic E-state index is -0.125. The maximum Gasteiger partial charge on any atom is 0.255 e. The van der Waals surface area contributed by atoms with Gasteiger partial charge in [-0.25, -0.2) is 0 Å². The molecule has 2 aromatic carbocycles. The van der Waals surface area contributed by atoms with Gasteiger partial charge in [-0.3, -0.25) is 4.79 Å². The van der Waals surface area contributed by atoms with Gasteiger partial charge in [0.05, 0.1) is 5.69 Å². The van der Waals surface area contributed by atoms with E-state index in [1.165, 1.54) is 0 Å². The van der Waals surface area contributed by atoms with E-state index in [1.807, 2.05) is 51.2 Å². The van der Waals surface area contributed by atoms with Crippen LogP contribution in [-0.2, 0) is 0 Å². The van der Waals surface area contributed by atoms with Gasteiger partial charge in [-0.2, -0.15) is 0 Å². The van der Waals surface area contributed by atoms with Gasteiger partial charge in [-0.1, -0.05) is 0 Å². The molecular formula is C16H16Br2N2O. The van der Waals surface area contributed by atoms with Crippen molar-refractivity contribution >= 4 is 49.1 Å². The molecule has 0 aromatic heterocycles. The topological polar surface area (TPSA) is 41.1 Å². The normalized spacial score (nSPS) is 10.3. The average molecular weight is 412 g/mol. The van der Waals surface area contributed by atoms with Crippen molar-refractivity contribution < 1.29 is 4.79 Å². The van der Waals surface area contributed by atoms with E-state index in [-0.39, 0.29) is 5.91 Å². The van der Waals surface area contributed by atoms with E-state index in [4.69, 9.17) is 0 Å². The molecule has 0 saturated heterocycles. The molecule has 1 amide bonds. The van der Waals surface area contributed by atoms with E-state index >= 15 is 0 Å². The molecule has 0 fully saturated rings.